The van der Waals surface area contributed by atoms with Crippen LogP contribution in [0, 0.1) is 0 Å². The Labute approximate surface area is 128 Å². The summed E-state index contributed by atoms with van der Waals surface area (Å²) in [5.41, 5.74) is 0.328. The van der Waals surface area contributed by atoms with Crippen LogP contribution in [-0.4, -0.2) is 31.1 Å². The van der Waals surface area contributed by atoms with E-state index in [9.17, 15) is 13.6 Å². The fraction of sp³-hybridized carbons (Fsp3) is 0.500. The molecule has 21 heavy (non-hydrogen) atoms. The maximum absolute atomic E-state index is 12.1. The van der Waals surface area contributed by atoms with Crippen molar-refractivity contribution in [1.82, 2.24) is 10.6 Å². The van der Waals surface area contributed by atoms with Gasteiger partial charge >= 0.3 is 6.61 Å². The molecule has 1 aliphatic rings. The molecule has 1 aliphatic heterocycles. The van der Waals surface area contributed by atoms with Crippen LogP contribution in [0.1, 0.15) is 30.1 Å². The van der Waals surface area contributed by atoms with Gasteiger partial charge < -0.3 is 15.4 Å². The predicted octanol–water partition coefficient (Wildman–Crippen LogP) is 2.58. The van der Waals surface area contributed by atoms with E-state index in [1.54, 1.807) is 6.07 Å². The highest BCUT2D eigenvalue weighted by Gasteiger charge is 2.20. The molecule has 1 heterocycles. The van der Waals surface area contributed by atoms with Gasteiger partial charge in [0.2, 0.25) is 0 Å². The molecule has 0 aliphatic carbocycles. The van der Waals surface area contributed by atoms with Gasteiger partial charge in [-0.25, -0.2) is 0 Å². The van der Waals surface area contributed by atoms with Gasteiger partial charge in [0.15, 0.2) is 0 Å². The number of carbonyl (C=O) groups excluding carboxylic acids is 1. The van der Waals surface area contributed by atoms with Crippen molar-refractivity contribution >= 4 is 18.3 Å². The van der Waals surface area contributed by atoms with E-state index in [0.29, 0.717) is 11.6 Å². The average molecular weight is 321 g/mol. The van der Waals surface area contributed by atoms with Gasteiger partial charge in [-0.1, -0.05) is 6.07 Å². The molecule has 0 saturated carbocycles. The number of amides is 1. The van der Waals surface area contributed by atoms with Crippen molar-refractivity contribution in [2.75, 3.05) is 6.54 Å². The highest BCUT2D eigenvalue weighted by molar-refractivity contribution is 5.94. The van der Waals surface area contributed by atoms with Crippen molar-refractivity contribution in [2.24, 2.45) is 0 Å². The fourth-order valence-electron chi connectivity index (χ4n) is 2.35. The molecule has 1 saturated heterocycles. The van der Waals surface area contributed by atoms with Crippen LogP contribution in [0.25, 0.3) is 0 Å². The quantitative estimate of drug-likeness (QED) is 0.896. The summed E-state index contributed by atoms with van der Waals surface area (Å²) in [6.07, 6.45) is 1.72. The number of rotatable bonds is 4. The molecule has 0 spiro atoms. The lowest BCUT2D eigenvalue weighted by Crippen LogP contribution is -2.46. The van der Waals surface area contributed by atoms with Crippen LogP contribution < -0.4 is 15.4 Å². The second kappa shape index (κ2) is 8.14. The number of ether oxygens (including phenoxy) is 1. The zero-order chi connectivity index (χ0) is 14.5. The van der Waals surface area contributed by atoms with Crippen molar-refractivity contribution < 1.29 is 18.3 Å². The van der Waals surface area contributed by atoms with Crippen molar-refractivity contribution in [3.63, 3.8) is 0 Å². The van der Waals surface area contributed by atoms with Gasteiger partial charge in [-0.15, -0.1) is 12.4 Å². The first-order chi connectivity index (χ1) is 9.54. The molecule has 0 radical (unpaired) electrons. The minimum atomic E-state index is -2.89. The van der Waals surface area contributed by atoms with Crippen LogP contribution >= 0.6 is 12.4 Å². The Morgan fingerprint density at radius 2 is 2.24 bits per heavy atom. The number of halogens is 3. The topological polar surface area (TPSA) is 50.4 Å². The first kappa shape index (κ1) is 17.7. The summed E-state index contributed by atoms with van der Waals surface area (Å²) < 4.78 is 28.6. The van der Waals surface area contributed by atoms with Gasteiger partial charge in [-0.3, -0.25) is 4.79 Å². The van der Waals surface area contributed by atoms with E-state index in [2.05, 4.69) is 22.3 Å². The molecular formula is C14H19ClF2N2O2. The van der Waals surface area contributed by atoms with Crippen LogP contribution in [0.15, 0.2) is 24.3 Å². The van der Waals surface area contributed by atoms with Crippen LogP contribution in [0.5, 0.6) is 5.75 Å². The Morgan fingerprint density at radius 3 is 2.90 bits per heavy atom. The van der Waals surface area contributed by atoms with Gasteiger partial charge in [-0.05, 0) is 44.5 Å². The highest BCUT2D eigenvalue weighted by Crippen LogP contribution is 2.16. The lowest BCUT2D eigenvalue weighted by molar-refractivity contribution is -0.0498. The summed E-state index contributed by atoms with van der Waals surface area (Å²) in [7, 11) is 0. The Hall–Kier alpha value is -1.40. The first-order valence-corrected chi connectivity index (χ1v) is 6.63. The van der Waals surface area contributed by atoms with Gasteiger partial charge in [-0.2, -0.15) is 8.78 Å². The molecule has 2 N–H and O–H groups in total. The molecular weight excluding hydrogens is 302 g/mol. The van der Waals surface area contributed by atoms with Crippen LogP contribution in [0.3, 0.4) is 0 Å². The number of piperidine rings is 1. The van der Waals surface area contributed by atoms with Crippen LogP contribution in [0.4, 0.5) is 8.78 Å². The Balaban J connectivity index is 0.00000220. The monoisotopic (exact) mass is 320 g/mol. The number of carbonyl (C=O) groups is 1. The number of nitrogens with one attached hydrogen (secondary N) is 2. The molecule has 118 valence electrons. The zero-order valence-electron chi connectivity index (χ0n) is 11.6. The SMILES string of the molecule is CC1CC(NC(=O)c2cccc(OC(F)F)c2)CCN1.Cl. The third-order valence-electron chi connectivity index (χ3n) is 3.28. The average Bonchev–Trinajstić information content (AvgIpc) is 2.38. The molecule has 0 bridgehead atoms. The second-order valence-corrected chi connectivity index (χ2v) is 4.96. The predicted molar refractivity (Wildman–Crippen MR) is 78.3 cm³/mol. The highest BCUT2D eigenvalue weighted by atomic mass is 35.5. The van der Waals surface area contributed by atoms with E-state index >= 15 is 0 Å². The lowest BCUT2D eigenvalue weighted by Gasteiger charge is -2.28. The van der Waals surface area contributed by atoms with E-state index in [-0.39, 0.29) is 30.1 Å². The van der Waals surface area contributed by atoms with Crippen molar-refractivity contribution in [1.29, 1.82) is 0 Å². The molecule has 1 aromatic rings. The van der Waals surface area contributed by atoms with Crippen molar-refractivity contribution in [3.05, 3.63) is 29.8 Å². The molecule has 2 atom stereocenters. The Kier molecular flexibility index (Phi) is 6.84. The summed E-state index contributed by atoms with van der Waals surface area (Å²) in [4.78, 5) is 12.1. The minimum absolute atomic E-state index is 0. The Morgan fingerprint density at radius 1 is 1.48 bits per heavy atom. The molecule has 1 fully saturated rings. The zero-order valence-corrected chi connectivity index (χ0v) is 12.5. The van der Waals surface area contributed by atoms with Crippen molar-refractivity contribution in [2.45, 2.75) is 38.5 Å². The minimum Gasteiger partial charge on any atom is -0.435 e. The normalized spacial score (nSPS) is 21.5. The molecule has 1 amide bonds. The van der Waals surface area contributed by atoms with E-state index in [1.165, 1.54) is 18.2 Å². The van der Waals surface area contributed by atoms with Crippen LogP contribution in [0.2, 0.25) is 0 Å². The van der Waals surface area contributed by atoms with Gasteiger partial charge in [0.1, 0.15) is 5.75 Å². The summed E-state index contributed by atoms with van der Waals surface area (Å²) >= 11 is 0. The van der Waals surface area contributed by atoms with E-state index < -0.39 is 6.61 Å². The van der Waals surface area contributed by atoms with E-state index in [0.717, 1.165) is 19.4 Å². The largest absolute Gasteiger partial charge is 0.435 e. The summed E-state index contributed by atoms with van der Waals surface area (Å²) in [6, 6.07) is 6.30. The van der Waals surface area contributed by atoms with Crippen LogP contribution in [-0.2, 0) is 0 Å². The fourth-order valence-corrected chi connectivity index (χ4v) is 2.35. The number of hydrogen-bond acceptors (Lipinski definition) is 3. The molecule has 2 rings (SSSR count). The lowest BCUT2D eigenvalue weighted by atomic mass is 10.0. The standard InChI is InChI=1S/C14H18F2N2O2.ClH/c1-9-7-11(5-6-17-9)18-13(19)10-3-2-4-12(8-10)20-14(15)16;/h2-4,8-9,11,14,17H,5-7H2,1H3,(H,18,19);1H. The molecule has 1 aromatic carbocycles. The summed E-state index contributed by atoms with van der Waals surface area (Å²) in [6.45, 7) is 0.0364. The summed E-state index contributed by atoms with van der Waals surface area (Å²) in [5, 5.41) is 6.23. The van der Waals surface area contributed by atoms with E-state index in [4.69, 9.17) is 0 Å². The maximum Gasteiger partial charge on any atom is 0.387 e. The second-order valence-electron chi connectivity index (χ2n) is 4.96. The third kappa shape index (κ3) is 5.47. The number of benzene rings is 1. The smallest absolute Gasteiger partial charge is 0.387 e. The molecule has 0 aromatic heterocycles. The van der Waals surface area contributed by atoms with Gasteiger partial charge in [0, 0.05) is 17.6 Å². The summed E-state index contributed by atoms with van der Waals surface area (Å²) in [5.74, 6) is -0.268. The third-order valence-corrected chi connectivity index (χ3v) is 3.28. The van der Waals surface area contributed by atoms with Crippen molar-refractivity contribution in [3.8, 4) is 5.75 Å². The molecule has 2 unspecified atom stereocenters. The number of hydrogen-bond donors (Lipinski definition) is 2. The molecule has 4 nitrogen and oxygen atoms in total. The van der Waals surface area contributed by atoms with E-state index in [1.807, 2.05) is 0 Å². The number of alkyl halides is 2. The Bertz CT molecular complexity index is 474. The van der Waals surface area contributed by atoms with Gasteiger partial charge in [0.05, 0.1) is 0 Å². The maximum atomic E-state index is 12.1. The van der Waals surface area contributed by atoms with Gasteiger partial charge in [0.25, 0.3) is 5.91 Å². The first-order valence-electron chi connectivity index (χ1n) is 6.63. The molecule has 7 heteroatoms.